The first-order valence-electron chi connectivity index (χ1n) is 3.28. The molecule has 0 unspecified atom stereocenters. The first kappa shape index (κ1) is 18.9. The number of hydrogen-bond donors (Lipinski definition) is 0. The van der Waals surface area contributed by atoms with Gasteiger partial charge < -0.3 is 20.9 Å². The number of nitrogens with one attached hydrogen (secondary N) is 1. The van der Waals surface area contributed by atoms with Crippen molar-refractivity contribution in [2.24, 2.45) is 0 Å². The predicted molar refractivity (Wildman–Crippen MR) is 43.7 cm³/mol. The Balaban J connectivity index is -0.000000405. The second-order valence-electron chi connectivity index (χ2n) is 2.47. The SMILES string of the molecule is C[N-]CN(C)CN(C)C[NH-].[Re].[Re]. The molecule has 6 heteroatoms. The van der Waals surface area contributed by atoms with Crippen molar-refractivity contribution < 1.29 is 40.8 Å². The van der Waals surface area contributed by atoms with E-state index in [4.69, 9.17) is 5.73 Å². The van der Waals surface area contributed by atoms with Crippen molar-refractivity contribution in [1.29, 1.82) is 0 Å². The molecule has 1 N–H and O–H groups in total. The van der Waals surface area contributed by atoms with E-state index in [1.165, 1.54) is 0 Å². The molecule has 0 aliphatic heterocycles. The van der Waals surface area contributed by atoms with Crippen LogP contribution in [0, 0.1) is 0 Å². The molecule has 0 aliphatic carbocycles. The molecule has 0 rings (SSSR count). The topological polar surface area (TPSA) is 44.4 Å². The maximum atomic E-state index is 7.00. The molecule has 76 valence electrons. The summed E-state index contributed by atoms with van der Waals surface area (Å²) >= 11 is 0. The third-order valence-corrected chi connectivity index (χ3v) is 1.14. The fraction of sp³-hybridized carbons (Fsp3) is 1.00. The van der Waals surface area contributed by atoms with Crippen LogP contribution in [-0.4, -0.2) is 50.9 Å². The minimum absolute atomic E-state index is 0. The molecule has 0 aromatic rings. The van der Waals surface area contributed by atoms with Gasteiger partial charge in [0.25, 0.3) is 0 Å². The van der Waals surface area contributed by atoms with E-state index in [2.05, 4.69) is 10.2 Å². The minimum Gasteiger partial charge on any atom is -0.665 e. The van der Waals surface area contributed by atoms with E-state index < -0.39 is 0 Å². The number of nitrogens with zero attached hydrogens (tertiary/aromatic N) is 3. The first-order chi connectivity index (χ1) is 4.70. The molecule has 0 saturated carbocycles. The van der Waals surface area contributed by atoms with Crippen LogP contribution in [-0.2, 0) is 40.8 Å². The van der Waals surface area contributed by atoms with Gasteiger partial charge in [0, 0.05) is 47.5 Å². The van der Waals surface area contributed by atoms with E-state index in [-0.39, 0.29) is 40.8 Å². The molecule has 0 fully saturated rings. The Labute approximate surface area is 103 Å². The quantitative estimate of drug-likeness (QED) is 0.507. The van der Waals surface area contributed by atoms with Crippen molar-refractivity contribution in [3.05, 3.63) is 11.1 Å². The minimum atomic E-state index is 0. The molecule has 0 amide bonds. The molecular formula is C6H16N4Re2-2. The molecule has 0 saturated heterocycles. The van der Waals surface area contributed by atoms with Gasteiger partial charge in [0.15, 0.2) is 0 Å². The van der Waals surface area contributed by atoms with Crippen molar-refractivity contribution in [3.63, 3.8) is 0 Å². The molecule has 0 heterocycles. The van der Waals surface area contributed by atoms with Crippen molar-refractivity contribution in [2.45, 2.75) is 0 Å². The first-order valence-corrected chi connectivity index (χ1v) is 3.28. The molecule has 0 aliphatic rings. The van der Waals surface area contributed by atoms with Gasteiger partial charge in [0.2, 0.25) is 0 Å². The average Bonchev–Trinajstić information content (AvgIpc) is 1.88. The van der Waals surface area contributed by atoms with E-state index in [0.717, 1.165) is 13.3 Å². The summed E-state index contributed by atoms with van der Waals surface area (Å²) in [5.74, 6) is 0. The van der Waals surface area contributed by atoms with Gasteiger partial charge in [-0.2, -0.15) is 7.05 Å². The molecule has 0 bridgehead atoms. The molecule has 0 atom stereocenters. The maximum absolute atomic E-state index is 7.00. The fourth-order valence-corrected chi connectivity index (χ4v) is 0.748. The average molecular weight is 517 g/mol. The Kier molecular flexibility index (Phi) is 19.1. The Hall–Kier alpha value is 1.16. The van der Waals surface area contributed by atoms with Crippen molar-refractivity contribution in [3.8, 4) is 0 Å². The van der Waals surface area contributed by atoms with E-state index in [0.29, 0.717) is 6.67 Å². The van der Waals surface area contributed by atoms with Crippen LogP contribution in [0.25, 0.3) is 11.1 Å². The number of rotatable bonds is 5. The number of hydrogen-bond acceptors (Lipinski definition) is 2. The molecule has 4 nitrogen and oxygen atoms in total. The Morgan fingerprint density at radius 1 is 1.17 bits per heavy atom. The standard InChI is InChI=1S/C6H16N4.2Re/c1-8-5-10(3)6-9(2)4-7;;/h7H,4-6H2,1-3H3;;/q-2;;. The molecule has 2 radical (unpaired) electrons. The summed E-state index contributed by atoms with van der Waals surface area (Å²) in [6, 6.07) is 0. The van der Waals surface area contributed by atoms with Crippen LogP contribution in [0.2, 0.25) is 0 Å². The largest absolute Gasteiger partial charge is 0.665 e. The summed E-state index contributed by atoms with van der Waals surface area (Å²) in [6.07, 6.45) is 0. The summed E-state index contributed by atoms with van der Waals surface area (Å²) in [6.45, 7) is 1.89. The third kappa shape index (κ3) is 11.2. The van der Waals surface area contributed by atoms with Gasteiger partial charge >= 0.3 is 0 Å². The Bertz CT molecular complexity index is 83.9. The maximum Gasteiger partial charge on any atom is 0.0468 e. The van der Waals surface area contributed by atoms with Crippen LogP contribution in [0.3, 0.4) is 0 Å². The van der Waals surface area contributed by atoms with Crippen LogP contribution in [0.4, 0.5) is 0 Å². The fourth-order valence-electron chi connectivity index (χ4n) is 0.748. The molecule has 12 heavy (non-hydrogen) atoms. The zero-order valence-corrected chi connectivity index (χ0v) is 13.2. The van der Waals surface area contributed by atoms with Crippen molar-refractivity contribution in [1.82, 2.24) is 9.80 Å². The van der Waals surface area contributed by atoms with Crippen LogP contribution >= 0.6 is 0 Å². The molecular weight excluding hydrogens is 501 g/mol. The zero-order chi connectivity index (χ0) is 7.98. The molecule has 0 spiro atoms. The van der Waals surface area contributed by atoms with Gasteiger partial charge in [-0.25, -0.2) is 0 Å². The van der Waals surface area contributed by atoms with E-state index in [9.17, 15) is 0 Å². The molecule has 0 aromatic carbocycles. The van der Waals surface area contributed by atoms with Crippen LogP contribution in [0.5, 0.6) is 0 Å². The van der Waals surface area contributed by atoms with Crippen LogP contribution in [0.15, 0.2) is 0 Å². The normalized spacial score (nSPS) is 9.50. The van der Waals surface area contributed by atoms with Crippen molar-refractivity contribution >= 4 is 0 Å². The third-order valence-electron chi connectivity index (χ3n) is 1.14. The summed E-state index contributed by atoms with van der Waals surface area (Å²) in [4.78, 5) is 3.96. The second kappa shape index (κ2) is 12.2. The van der Waals surface area contributed by atoms with Gasteiger partial charge in [-0.15, -0.1) is 0 Å². The van der Waals surface area contributed by atoms with Gasteiger partial charge in [0.05, 0.1) is 0 Å². The summed E-state index contributed by atoms with van der Waals surface area (Å²) in [5, 5.41) is 3.96. The monoisotopic (exact) mass is 518 g/mol. The molecule has 0 aromatic heterocycles. The van der Waals surface area contributed by atoms with E-state index in [1.807, 2.05) is 19.0 Å². The van der Waals surface area contributed by atoms with Crippen molar-refractivity contribution in [2.75, 3.05) is 41.1 Å². The Morgan fingerprint density at radius 2 is 1.67 bits per heavy atom. The van der Waals surface area contributed by atoms with E-state index >= 15 is 0 Å². The predicted octanol–water partition coefficient (Wildman–Crippen LogP) is 0.773. The van der Waals surface area contributed by atoms with Gasteiger partial charge in [-0.3, -0.25) is 0 Å². The summed E-state index contributed by atoms with van der Waals surface area (Å²) < 4.78 is 0. The van der Waals surface area contributed by atoms with Gasteiger partial charge in [-0.1, -0.05) is 13.3 Å². The van der Waals surface area contributed by atoms with Crippen LogP contribution in [0.1, 0.15) is 0 Å². The van der Waals surface area contributed by atoms with Crippen LogP contribution < -0.4 is 0 Å². The summed E-state index contributed by atoms with van der Waals surface area (Å²) in [5.41, 5.74) is 7.00. The van der Waals surface area contributed by atoms with Gasteiger partial charge in [0.1, 0.15) is 0 Å². The Morgan fingerprint density at radius 3 is 2.00 bits per heavy atom. The smallest absolute Gasteiger partial charge is 0.0468 e. The second-order valence-corrected chi connectivity index (χ2v) is 2.47. The van der Waals surface area contributed by atoms with Gasteiger partial charge in [-0.05, 0) is 14.1 Å². The zero-order valence-electron chi connectivity index (χ0n) is 7.72. The van der Waals surface area contributed by atoms with E-state index in [1.54, 1.807) is 7.05 Å². The summed E-state index contributed by atoms with van der Waals surface area (Å²) in [7, 11) is 5.69.